The molecule has 1 aliphatic heterocycles. The van der Waals surface area contributed by atoms with Crippen molar-refractivity contribution in [2.75, 3.05) is 0 Å². The third-order valence-corrected chi connectivity index (χ3v) is 1.67. The zero-order chi connectivity index (χ0) is 5.98. The molecule has 1 rings (SSSR count). The maximum absolute atomic E-state index is 5.05. The minimum Gasteiger partial charge on any atom is -0.366 e. The van der Waals surface area contributed by atoms with E-state index in [1.165, 1.54) is 0 Å². The summed E-state index contributed by atoms with van der Waals surface area (Å²) in [6.07, 6.45) is -0.200. The van der Waals surface area contributed by atoms with Gasteiger partial charge in [0.2, 0.25) is 0 Å². The van der Waals surface area contributed by atoms with Crippen LogP contribution in [-0.4, -0.2) is 22.6 Å². The molecule has 3 nitrogen and oxygen atoms in total. The molecule has 0 aromatic heterocycles. The first kappa shape index (κ1) is 6.22. The topological polar surface area (TPSA) is 27.7 Å². The van der Waals surface area contributed by atoms with Crippen LogP contribution in [0.5, 0.6) is 0 Å². The van der Waals surface area contributed by atoms with Crippen LogP contribution >= 0.6 is 0 Å². The molecule has 0 spiro atoms. The van der Waals surface area contributed by atoms with E-state index in [2.05, 4.69) is 0 Å². The van der Waals surface area contributed by atoms with Crippen molar-refractivity contribution in [3.63, 3.8) is 0 Å². The summed E-state index contributed by atoms with van der Waals surface area (Å²) >= 11 is 0. The quantitative estimate of drug-likeness (QED) is 0.443. The van der Waals surface area contributed by atoms with E-state index in [9.17, 15) is 0 Å². The SMILES string of the molecule is CC1O[Si]OC(C)O1. The largest absolute Gasteiger partial charge is 0.437 e. The summed E-state index contributed by atoms with van der Waals surface area (Å²) in [6.45, 7) is 3.71. The minimum atomic E-state index is -0.0999. The molecule has 2 radical (unpaired) electrons. The second kappa shape index (κ2) is 2.59. The van der Waals surface area contributed by atoms with Crippen molar-refractivity contribution < 1.29 is 13.6 Å². The van der Waals surface area contributed by atoms with E-state index in [-0.39, 0.29) is 22.6 Å². The Morgan fingerprint density at radius 3 is 1.88 bits per heavy atom. The lowest BCUT2D eigenvalue weighted by molar-refractivity contribution is -0.213. The number of ether oxygens (including phenoxy) is 1. The molecule has 1 saturated heterocycles. The Bertz CT molecular complexity index is 69.7. The molecule has 1 fully saturated rings. The van der Waals surface area contributed by atoms with Gasteiger partial charge in [0.05, 0.1) is 0 Å². The van der Waals surface area contributed by atoms with Gasteiger partial charge in [-0.05, 0) is 13.8 Å². The molecule has 0 saturated carbocycles. The first-order valence-corrected chi connectivity index (χ1v) is 3.32. The van der Waals surface area contributed by atoms with Crippen molar-refractivity contribution in [2.45, 2.75) is 26.4 Å². The van der Waals surface area contributed by atoms with Crippen LogP contribution in [-0.2, 0) is 13.6 Å². The van der Waals surface area contributed by atoms with Gasteiger partial charge in [0.1, 0.15) is 12.6 Å². The van der Waals surface area contributed by atoms with Gasteiger partial charge in [-0.25, -0.2) is 0 Å². The summed E-state index contributed by atoms with van der Waals surface area (Å²) in [4.78, 5) is 0. The van der Waals surface area contributed by atoms with E-state index in [1.807, 2.05) is 13.8 Å². The Kier molecular flexibility index (Phi) is 2.01. The van der Waals surface area contributed by atoms with Crippen molar-refractivity contribution in [1.29, 1.82) is 0 Å². The van der Waals surface area contributed by atoms with E-state index in [4.69, 9.17) is 13.6 Å². The van der Waals surface area contributed by atoms with Crippen LogP contribution in [0.2, 0.25) is 0 Å². The van der Waals surface area contributed by atoms with E-state index in [0.717, 1.165) is 0 Å². The Morgan fingerprint density at radius 1 is 1.12 bits per heavy atom. The standard InChI is InChI=1S/C4H8O3Si/c1-3-5-4(2)7-8-6-3/h3-4H,1-2H3. The summed E-state index contributed by atoms with van der Waals surface area (Å²) in [6, 6.07) is 0. The van der Waals surface area contributed by atoms with Gasteiger partial charge in [-0.15, -0.1) is 0 Å². The maximum atomic E-state index is 5.05. The van der Waals surface area contributed by atoms with Gasteiger partial charge in [-0.3, -0.25) is 0 Å². The Balaban J connectivity index is 2.23. The molecular weight excluding hydrogens is 124 g/mol. The van der Waals surface area contributed by atoms with Crippen LogP contribution in [0.4, 0.5) is 0 Å². The van der Waals surface area contributed by atoms with Gasteiger partial charge in [0, 0.05) is 0 Å². The van der Waals surface area contributed by atoms with E-state index in [0.29, 0.717) is 0 Å². The monoisotopic (exact) mass is 132 g/mol. The van der Waals surface area contributed by atoms with Gasteiger partial charge in [0.15, 0.2) is 0 Å². The molecule has 46 valence electrons. The zero-order valence-electron chi connectivity index (χ0n) is 4.88. The number of hydrogen-bond donors (Lipinski definition) is 0. The molecule has 4 heteroatoms. The fourth-order valence-electron chi connectivity index (χ4n) is 0.489. The molecule has 0 amide bonds. The smallest absolute Gasteiger partial charge is 0.366 e. The normalized spacial score (nSPS) is 39.8. The maximum Gasteiger partial charge on any atom is 0.437 e. The molecule has 2 unspecified atom stereocenters. The van der Waals surface area contributed by atoms with Crippen LogP contribution in [0, 0.1) is 0 Å². The number of rotatable bonds is 0. The van der Waals surface area contributed by atoms with E-state index in [1.54, 1.807) is 0 Å². The lowest BCUT2D eigenvalue weighted by atomic mass is 10.7. The van der Waals surface area contributed by atoms with Crippen LogP contribution in [0.15, 0.2) is 0 Å². The summed E-state index contributed by atoms with van der Waals surface area (Å²) in [5.74, 6) is 0. The summed E-state index contributed by atoms with van der Waals surface area (Å²) < 4.78 is 14.9. The summed E-state index contributed by atoms with van der Waals surface area (Å²) in [5, 5.41) is 0. The molecule has 0 N–H and O–H groups in total. The van der Waals surface area contributed by atoms with Crippen LogP contribution < -0.4 is 0 Å². The molecule has 0 bridgehead atoms. The Hall–Kier alpha value is 0.0969. The lowest BCUT2D eigenvalue weighted by Gasteiger charge is -2.24. The highest BCUT2D eigenvalue weighted by molar-refractivity contribution is 6.18. The Labute approximate surface area is 51.0 Å². The molecule has 1 heterocycles. The van der Waals surface area contributed by atoms with Gasteiger partial charge < -0.3 is 13.6 Å². The van der Waals surface area contributed by atoms with Crippen LogP contribution in [0.25, 0.3) is 0 Å². The molecule has 2 atom stereocenters. The van der Waals surface area contributed by atoms with Gasteiger partial charge >= 0.3 is 10.0 Å². The first-order chi connectivity index (χ1) is 3.79. The van der Waals surface area contributed by atoms with Gasteiger partial charge in [0.25, 0.3) is 0 Å². The molecule has 0 aromatic rings. The van der Waals surface area contributed by atoms with Crippen molar-refractivity contribution in [3.05, 3.63) is 0 Å². The number of hydrogen-bond acceptors (Lipinski definition) is 3. The zero-order valence-corrected chi connectivity index (χ0v) is 5.88. The fraction of sp³-hybridized carbons (Fsp3) is 1.00. The predicted molar refractivity (Wildman–Crippen MR) is 27.9 cm³/mol. The Morgan fingerprint density at radius 2 is 1.62 bits per heavy atom. The molecule has 8 heavy (non-hydrogen) atoms. The first-order valence-electron chi connectivity index (χ1n) is 2.51. The van der Waals surface area contributed by atoms with Crippen molar-refractivity contribution in [3.8, 4) is 0 Å². The lowest BCUT2D eigenvalue weighted by Crippen LogP contribution is -2.32. The van der Waals surface area contributed by atoms with Crippen LogP contribution in [0.1, 0.15) is 13.8 Å². The van der Waals surface area contributed by atoms with Crippen molar-refractivity contribution >= 4 is 10.0 Å². The highest BCUT2D eigenvalue weighted by Crippen LogP contribution is 2.05. The predicted octanol–water partition coefficient (Wildman–Crippen LogP) is 0.276. The van der Waals surface area contributed by atoms with Crippen molar-refractivity contribution in [2.24, 2.45) is 0 Å². The third-order valence-electron chi connectivity index (χ3n) is 0.811. The van der Waals surface area contributed by atoms with Gasteiger partial charge in [-0.1, -0.05) is 0 Å². The van der Waals surface area contributed by atoms with Gasteiger partial charge in [-0.2, -0.15) is 0 Å². The highest BCUT2D eigenvalue weighted by Gasteiger charge is 2.16. The summed E-state index contributed by atoms with van der Waals surface area (Å²) in [5.41, 5.74) is 0. The van der Waals surface area contributed by atoms with Crippen molar-refractivity contribution in [1.82, 2.24) is 0 Å². The minimum absolute atomic E-state index is 0.0999. The highest BCUT2D eigenvalue weighted by atomic mass is 28.3. The molecule has 0 aromatic carbocycles. The van der Waals surface area contributed by atoms with Crippen LogP contribution in [0.3, 0.4) is 0 Å². The molecule has 1 aliphatic rings. The second-order valence-corrected chi connectivity index (χ2v) is 2.23. The summed E-state index contributed by atoms with van der Waals surface area (Å²) in [7, 11) is 0.137. The van der Waals surface area contributed by atoms with E-state index >= 15 is 0 Å². The fourth-order valence-corrected chi connectivity index (χ4v) is 0.926. The average molecular weight is 132 g/mol. The molecular formula is C4H8O3Si. The molecule has 0 aliphatic carbocycles. The third kappa shape index (κ3) is 1.55. The average Bonchev–Trinajstić information content (AvgIpc) is 1.64. The van der Waals surface area contributed by atoms with E-state index < -0.39 is 0 Å². The second-order valence-electron chi connectivity index (χ2n) is 1.59.